The molecule has 2 aromatic rings. The van der Waals surface area contributed by atoms with E-state index in [2.05, 4.69) is 4.79 Å². The Morgan fingerprint density at radius 1 is 1.19 bits per heavy atom. The van der Waals surface area contributed by atoms with E-state index >= 15 is 0 Å². The summed E-state index contributed by atoms with van der Waals surface area (Å²) in [6, 6.07) is 17.2. The molecule has 3 rings (SSSR count). The van der Waals surface area contributed by atoms with Crippen molar-refractivity contribution in [3.05, 3.63) is 76.8 Å². The predicted octanol–water partition coefficient (Wildman–Crippen LogP) is 2.83. The first kappa shape index (κ1) is 13.4. The molecule has 1 heterocycles. The Balaban J connectivity index is 2.03. The predicted molar refractivity (Wildman–Crippen MR) is 77.8 cm³/mol. The van der Waals surface area contributed by atoms with Gasteiger partial charge in [-0.25, -0.2) is 0 Å². The number of carbonyl (C=O) groups excluding carboxylic acids is 1. The van der Waals surface area contributed by atoms with E-state index in [9.17, 15) is 4.79 Å². The summed E-state index contributed by atoms with van der Waals surface area (Å²) in [6.07, 6.45) is 0.548. The summed E-state index contributed by atoms with van der Waals surface area (Å²) in [5.41, 5.74) is 10.4. The van der Waals surface area contributed by atoms with Gasteiger partial charge in [-0.1, -0.05) is 60.2 Å². The van der Waals surface area contributed by atoms with E-state index < -0.39 is 5.60 Å². The Labute approximate surface area is 122 Å². The van der Waals surface area contributed by atoms with Crippen LogP contribution in [-0.4, -0.2) is 16.8 Å². The average Bonchev–Trinajstić information content (AvgIpc) is 3.26. The van der Waals surface area contributed by atoms with Gasteiger partial charge in [-0.15, -0.1) is 0 Å². The minimum Gasteiger partial charge on any atom is -0.361 e. The van der Waals surface area contributed by atoms with Crippen molar-refractivity contribution in [3.63, 3.8) is 0 Å². The zero-order chi connectivity index (χ0) is 14.9. The van der Waals surface area contributed by atoms with Gasteiger partial charge in [-0.3, -0.25) is 4.79 Å². The summed E-state index contributed by atoms with van der Waals surface area (Å²) in [5.74, 6) is -0.359. The summed E-state index contributed by atoms with van der Waals surface area (Å²) in [6.45, 7) is 2.01. The van der Waals surface area contributed by atoms with Gasteiger partial charge in [0.1, 0.15) is 6.10 Å². The molecule has 0 aliphatic carbocycles. The summed E-state index contributed by atoms with van der Waals surface area (Å²) in [4.78, 5) is 15.2. The Kier molecular flexibility index (Phi) is 3.26. The number of epoxide rings is 1. The average molecular weight is 278 g/mol. The first-order chi connectivity index (χ1) is 10.2. The second-order valence-corrected chi connectivity index (χ2v) is 5.12. The van der Waals surface area contributed by atoms with E-state index in [0.29, 0.717) is 0 Å². The van der Waals surface area contributed by atoms with Crippen LogP contribution in [-0.2, 0) is 15.1 Å². The van der Waals surface area contributed by atoms with Gasteiger partial charge in [0.25, 0.3) is 5.78 Å². The first-order valence-electron chi connectivity index (χ1n) is 6.70. The van der Waals surface area contributed by atoms with E-state index in [-0.39, 0.29) is 11.9 Å². The number of hydrogen-bond acceptors (Lipinski definition) is 2. The fourth-order valence-electron chi connectivity index (χ4n) is 2.58. The van der Waals surface area contributed by atoms with Crippen LogP contribution in [0.1, 0.15) is 22.8 Å². The fraction of sp³-hybridized carbons (Fsp3) is 0.176. The molecule has 0 N–H and O–H groups in total. The Hall–Kier alpha value is -2.55. The van der Waals surface area contributed by atoms with E-state index in [1.807, 2.05) is 61.5 Å². The van der Waals surface area contributed by atoms with Crippen LogP contribution in [0.15, 0.2) is 54.6 Å². The standard InChI is InChI=1S/C17H14N2O2/c1-12-7-9-13(10-8-12)16-17(21-16,15(20)11-19-18)14-5-3-2-4-6-14/h2-11,16H,1H3/t16-,17+/m0/s1. The number of carbonyl (C=O) groups is 1. The number of benzene rings is 2. The lowest BCUT2D eigenvalue weighted by molar-refractivity contribution is -0.121. The molecule has 0 saturated carbocycles. The zero-order valence-corrected chi connectivity index (χ0v) is 11.6. The third-order valence-corrected chi connectivity index (χ3v) is 3.74. The molecule has 1 aliphatic heterocycles. The summed E-state index contributed by atoms with van der Waals surface area (Å²) < 4.78 is 5.78. The number of nitrogens with zero attached hydrogens (tertiary/aromatic N) is 2. The molecule has 0 spiro atoms. The maximum absolute atomic E-state index is 12.3. The van der Waals surface area contributed by atoms with Crippen molar-refractivity contribution in [2.24, 2.45) is 0 Å². The van der Waals surface area contributed by atoms with Crippen LogP contribution in [0.4, 0.5) is 0 Å². The molecule has 0 radical (unpaired) electrons. The van der Waals surface area contributed by atoms with Crippen LogP contribution >= 0.6 is 0 Å². The van der Waals surface area contributed by atoms with Gasteiger partial charge in [0.2, 0.25) is 0 Å². The molecule has 1 aliphatic rings. The minimum absolute atomic E-state index is 0.356. The molecule has 4 nitrogen and oxygen atoms in total. The number of aryl methyl sites for hydroxylation is 1. The molecule has 2 aromatic carbocycles. The van der Waals surface area contributed by atoms with Gasteiger partial charge in [0.05, 0.1) is 0 Å². The molecule has 4 heteroatoms. The van der Waals surface area contributed by atoms with Crippen molar-refractivity contribution in [1.29, 1.82) is 0 Å². The van der Waals surface area contributed by atoms with Gasteiger partial charge in [-0.2, -0.15) is 4.79 Å². The fourth-order valence-corrected chi connectivity index (χ4v) is 2.58. The number of ether oxygens (including phenoxy) is 1. The highest BCUT2D eigenvalue weighted by atomic mass is 16.6. The minimum atomic E-state index is -1.08. The number of hydrogen-bond donors (Lipinski definition) is 0. The number of rotatable bonds is 4. The number of ketones is 1. The highest BCUT2D eigenvalue weighted by Crippen LogP contribution is 2.57. The summed E-state index contributed by atoms with van der Waals surface area (Å²) >= 11 is 0. The van der Waals surface area contributed by atoms with Gasteiger partial charge in [-0.05, 0) is 18.1 Å². The van der Waals surface area contributed by atoms with E-state index in [4.69, 9.17) is 10.3 Å². The monoisotopic (exact) mass is 278 g/mol. The SMILES string of the molecule is Cc1ccc([C@@H]2O[C@@]2(C(=O)C=[N+]=[N-])c2ccccc2)cc1. The van der Waals surface area contributed by atoms with E-state index in [0.717, 1.165) is 22.9 Å². The third kappa shape index (κ3) is 2.21. The van der Waals surface area contributed by atoms with Crippen LogP contribution < -0.4 is 0 Å². The lowest BCUT2D eigenvalue weighted by Gasteiger charge is -2.08. The highest BCUT2D eigenvalue weighted by molar-refractivity contribution is 6.30. The van der Waals surface area contributed by atoms with Gasteiger partial charge in [0.15, 0.2) is 5.60 Å². The zero-order valence-electron chi connectivity index (χ0n) is 11.6. The first-order valence-corrected chi connectivity index (χ1v) is 6.70. The molecule has 104 valence electrons. The van der Waals surface area contributed by atoms with E-state index in [1.54, 1.807) is 0 Å². The van der Waals surface area contributed by atoms with Gasteiger partial charge < -0.3 is 10.3 Å². The molecule has 0 unspecified atom stereocenters. The van der Waals surface area contributed by atoms with Crippen LogP contribution in [0.2, 0.25) is 0 Å². The van der Waals surface area contributed by atoms with Gasteiger partial charge >= 0.3 is 6.21 Å². The third-order valence-electron chi connectivity index (χ3n) is 3.74. The van der Waals surface area contributed by atoms with Crippen molar-refractivity contribution in [1.82, 2.24) is 0 Å². The molecule has 0 amide bonds. The molecule has 0 aromatic heterocycles. The van der Waals surface area contributed by atoms with Crippen molar-refractivity contribution in [2.45, 2.75) is 18.6 Å². The van der Waals surface area contributed by atoms with Crippen molar-refractivity contribution >= 4 is 12.0 Å². The van der Waals surface area contributed by atoms with E-state index in [1.165, 1.54) is 0 Å². The molecular weight excluding hydrogens is 264 g/mol. The van der Waals surface area contributed by atoms with Crippen molar-refractivity contribution < 1.29 is 14.3 Å². The van der Waals surface area contributed by atoms with Crippen molar-refractivity contribution in [3.8, 4) is 0 Å². The molecule has 21 heavy (non-hydrogen) atoms. The van der Waals surface area contributed by atoms with Gasteiger partial charge in [0, 0.05) is 0 Å². The molecule has 1 fully saturated rings. The number of Topliss-reactive ketones (excluding diaryl/α,β-unsaturated/α-hetero) is 1. The summed E-state index contributed by atoms with van der Waals surface area (Å²) in [5, 5.41) is 0. The second kappa shape index (κ2) is 5.09. The molecule has 2 atom stereocenters. The molecule has 1 saturated heterocycles. The quantitative estimate of drug-likeness (QED) is 0.373. The Morgan fingerprint density at radius 2 is 1.86 bits per heavy atom. The smallest absolute Gasteiger partial charge is 0.326 e. The Bertz CT molecular complexity index is 718. The molecule has 0 bridgehead atoms. The Morgan fingerprint density at radius 3 is 2.48 bits per heavy atom. The highest BCUT2D eigenvalue weighted by Gasteiger charge is 2.64. The van der Waals surface area contributed by atoms with Crippen LogP contribution in [0.3, 0.4) is 0 Å². The van der Waals surface area contributed by atoms with Crippen molar-refractivity contribution in [2.75, 3.05) is 0 Å². The maximum Gasteiger partial charge on any atom is 0.326 e. The second-order valence-electron chi connectivity index (χ2n) is 5.12. The van der Waals surface area contributed by atoms with Crippen LogP contribution in [0.25, 0.3) is 5.53 Å². The topological polar surface area (TPSA) is 66.0 Å². The molecular formula is C17H14N2O2. The van der Waals surface area contributed by atoms with Crippen LogP contribution in [0.5, 0.6) is 0 Å². The normalized spacial score (nSPS) is 23.2. The summed E-state index contributed by atoms with van der Waals surface area (Å²) in [7, 11) is 0. The lowest BCUT2D eigenvalue weighted by Crippen LogP contribution is -2.24. The lowest BCUT2D eigenvalue weighted by atomic mass is 9.88. The largest absolute Gasteiger partial charge is 0.361 e. The maximum atomic E-state index is 12.3. The van der Waals surface area contributed by atoms with Crippen LogP contribution in [0, 0.1) is 6.92 Å².